The molecule has 0 heterocycles. The van der Waals surface area contributed by atoms with E-state index in [0.717, 1.165) is 12.1 Å². The molecule has 0 radical (unpaired) electrons. The molecule has 0 bridgehead atoms. The van der Waals surface area contributed by atoms with Crippen molar-refractivity contribution in [2.45, 2.75) is 6.36 Å². The maximum Gasteiger partial charge on any atom is 0.573 e. The molecular formula is C14H7Cl2F3O2. The molecule has 2 nitrogen and oxygen atoms in total. The van der Waals surface area contributed by atoms with Gasteiger partial charge >= 0.3 is 6.36 Å². The molecule has 2 rings (SSSR count). The number of ketones is 1. The fourth-order valence-corrected chi connectivity index (χ4v) is 1.96. The third kappa shape index (κ3) is 4.12. The molecule has 0 aliphatic heterocycles. The lowest BCUT2D eigenvalue weighted by Crippen LogP contribution is -2.17. The van der Waals surface area contributed by atoms with Crippen LogP contribution in [0.15, 0.2) is 42.5 Å². The first-order valence-corrected chi connectivity index (χ1v) is 6.37. The first-order valence-electron chi connectivity index (χ1n) is 5.62. The Kier molecular flexibility index (Phi) is 4.44. The van der Waals surface area contributed by atoms with Crippen LogP contribution in [0.2, 0.25) is 10.0 Å². The smallest absolute Gasteiger partial charge is 0.406 e. The van der Waals surface area contributed by atoms with Crippen LogP contribution in [-0.4, -0.2) is 12.1 Å². The van der Waals surface area contributed by atoms with Gasteiger partial charge in [-0.3, -0.25) is 4.79 Å². The highest BCUT2D eigenvalue weighted by Gasteiger charge is 2.31. The number of carbonyl (C=O) groups is 1. The van der Waals surface area contributed by atoms with Crippen LogP contribution in [-0.2, 0) is 0 Å². The second kappa shape index (κ2) is 5.95. The van der Waals surface area contributed by atoms with Gasteiger partial charge in [0.25, 0.3) is 0 Å². The summed E-state index contributed by atoms with van der Waals surface area (Å²) in [6.07, 6.45) is -4.84. The van der Waals surface area contributed by atoms with E-state index in [0.29, 0.717) is 5.02 Å². The zero-order valence-corrected chi connectivity index (χ0v) is 11.8. The van der Waals surface area contributed by atoms with Crippen LogP contribution in [0.3, 0.4) is 0 Å². The Balaban J connectivity index is 2.36. The molecule has 0 saturated carbocycles. The van der Waals surface area contributed by atoms with Crippen LogP contribution in [0.5, 0.6) is 5.75 Å². The minimum Gasteiger partial charge on any atom is -0.406 e. The summed E-state index contributed by atoms with van der Waals surface area (Å²) in [6, 6.07) is 9.07. The predicted molar refractivity (Wildman–Crippen MR) is 73.0 cm³/mol. The number of hydrogen-bond acceptors (Lipinski definition) is 2. The molecule has 0 saturated heterocycles. The second-order valence-corrected chi connectivity index (χ2v) is 4.87. The summed E-state index contributed by atoms with van der Waals surface area (Å²) in [6.45, 7) is 0. The molecule has 0 aliphatic carbocycles. The van der Waals surface area contributed by atoms with Gasteiger partial charge in [-0.25, -0.2) is 0 Å². The number of carbonyl (C=O) groups excluding carboxylic acids is 1. The Bertz CT molecular complexity index is 667. The van der Waals surface area contributed by atoms with Crippen molar-refractivity contribution in [3.05, 3.63) is 63.6 Å². The van der Waals surface area contributed by atoms with Gasteiger partial charge in [-0.2, -0.15) is 0 Å². The Hall–Kier alpha value is -1.72. The summed E-state index contributed by atoms with van der Waals surface area (Å²) in [5.41, 5.74) is 0.172. The molecule has 2 aromatic carbocycles. The maximum absolute atomic E-state index is 12.2. The summed E-state index contributed by atoms with van der Waals surface area (Å²) < 4.78 is 40.3. The number of benzene rings is 2. The SMILES string of the molecule is O=C(c1ccc(Cl)cc1)c1cc(OC(F)(F)F)ccc1Cl. The molecule has 0 aromatic heterocycles. The standard InChI is InChI=1S/C14H7Cl2F3O2/c15-9-3-1-8(2-4-9)13(20)11-7-10(5-6-12(11)16)21-14(17,18)19/h1-7H. The van der Waals surface area contributed by atoms with Crippen molar-refractivity contribution < 1.29 is 22.7 Å². The van der Waals surface area contributed by atoms with Crippen molar-refractivity contribution in [3.63, 3.8) is 0 Å². The van der Waals surface area contributed by atoms with Gasteiger partial charge in [-0.1, -0.05) is 23.2 Å². The Morgan fingerprint density at radius 2 is 1.62 bits per heavy atom. The van der Waals surface area contributed by atoms with Crippen LogP contribution in [0.25, 0.3) is 0 Å². The monoisotopic (exact) mass is 334 g/mol. The summed E-state index contributed by atoms with van der Waals surface area (Å²) in [5.74, 6) is -1.03. The van der Waals surface area contributed by atoms with Gasteiger partial charge < -0.3 is 4.74 Å². The van der Waals surface area contributed by atoms with Gasteiger partial charge in [0, 0.05) is 16.1 Å². The Labute approximate surface area is 128 Å². The summed E-state index contributed by atoms with van der Waals surface area (Å²) in [4.78, 5) is 12.2. The largest absolute Gasteiger partial charge is 0.573 e. The predicted octanol–water partition coefficient (Wildman–Crippen LogP) is 5.12. The van der Waals surface area contributed by atoms with Crippen LogP contribution in [0, 0.1) is 0 Å². The molecular weight excluding hydrogens is 328 g/mol. The van der Waals surface area contributed by atoms with Gasteiger partial charge in [0.1, 0.15) is 5.75 Å². The third-order valence-corrected chi connectivity index (χ3v) is 3.10. The molecule has 2 aromatic rings. The molecule has 0 fully saturated rings. The summed E-state index contributed by atoms with van der Waals surface area (Å²) in [7, 11) is 0. The molecule has 0 spiro atoms. The molecule has 0 N–H and O–H groups in total. The van der Waals surface area contributed by atoms with Crippen molar-refractivity contribution in [3.8, 4) is 5.75 Å². The Morgan fingerprint density at radius 1 is 1.00 bits per heavy atom. The lowest BCUT2D eigenvalue weighted by Gasteiger charge is -2.11. The molecule has 21 heavy (non-hydrogen) atoms. The van der Waals surface area contributed by atoms with E-state index < -0.39 is 17.9 Å². The number of halogens is 5. The minimum absolute atomic E-state index is 0.0319. The second-order valence-electron chi connectivity index (χ2n) is 4.03. The topological polar surface area (TPSA) is 26.3 Å². The quantitative estimate of drug-likeness (QED) is 0.728. The van der Waals surface area contributed by atoms with Crippen molar-refractivity contribution in [2.24, 2.45) is 0 Å². The lowest BCUT2D eigenvalue weighted by atomic mass is 10.0. The molecule has 7 heteroatoms. The highest BCUT2D eigenvalue weighted by Crippen LogP contribution is 2.28. The molecule has 0 atom stereocenters. The summed E-state index contributed by atoms with van der Waals surface area (Å²) >= 11 is 11.6. The Morgan fingerprint density at radius 3 is 2.19 bits per heavy atom. The van der Waals surface area contributed by atoms with E-state index in [2.05, 4.69) is 4.74 Å². The van der Waals surface area contributed by atoms with Gasteiger partial charge in [-0.05, 0) is 42.5 Å². The average molecular weight is 335 g/mol. The summed E-state index contributed by atoms with van der Waals surface area (Å²) in [5, 5.41) is 0.469. The molecule has 0 amide bonds. The minimum atomic E-state index is -4.84. The van der Waals surface area contributed by atoms with E-state index in [1.165, 1.54) is 30.3 Å². The van der Waals surface area contributed by atoms with E-state index in [4.69, 9.17) is 23.2 Å². The van der Waals surface area contributed by atoms with Crippen molar-refractivity contribution in [2.75, 3.05) is 0 Å². The number of rotatable bonds is 3. The highest BCUT2D eigenvalue weighted by atomic mass is 35.5. The highest BCUT2D eigenvalue weighted by molar-refractivity contribution is 6.35. The zero-order chi connectivity index (χ0) is 15.6. The first-order chi connectivity index (χ1) is 9.76. The van der Waals surface area contributed by atoms with Crippen LogP contribution < -0.4 is 4.74 Å². The van der Waals surface area contributed by atoms with Crippen LogP contribution >= 0.6 is 23.2 Å². The lowest BCUT2D eigenvalue weighted by molar-refractivity contribution is -0.274. The van der Waals surface area contributed by atoms with Gasteiger partial charge in [0.05, 0.1) is 5.02 Å². The number of ether oxygens (including phenoxy) is 1. The molecule has 110 valence electrons. The van der Waals surface area contributed by atoms with Crippen LogP contribution in [0.4, 0.5) is 13.2 Å². The van der Waals surface area contributed by atoms with Crippen LogP contribution in [0.1, 0.15) is 15.9 Å². The van der Waals surface area contributed by atoms with Gasteiger partial charge in [-0.15, -0.1) is 13.2 Å². The number of hydrogen-bond donors (Lipinski definition) is 0. The van der Waals surface area contributed by atoms with E-state index >= 15 is 0 Å². The van der Waals surface area contributed by atoms with E-state index in [9.17, 15) is 18.0 Å². The van der Waals surface area contributed by atoms with E-state index in [1.807, 2.05) is 0 Å². The van der Waals surface area contributed by atoms with Crippen molar-refractivity contribution in [1.29, 1.82) is 0 Å². The van der Waals surface area contributed by atoms with E-state index in [-0.39, 0.29) is 16.1 Å². The third-order valence-electron chi connectivity index (χ3n) is 2.52. The zero-order valence-electron chi connectivity index (χ0n) is 10.2. The number of alkyl halides is 3. The van der Waals surface area contributed by atoms with Gasteiger partial charge in [0.2, 0.25) is 0 Å². The van der Waals surface area contributed by atoms with Gasteiger partial charge in [0.15, 0.2) is 5.78 Å². The average Bonchev–Trinajstić information content (AvgIpc) is 2.39. The first kappa shape index (κ1) is 15.7. The van der Waals surface area contributed by atoms with Crippen molar-refractivity contribution >= 4 is 29.0 Å². The van der Waals surface area contributed by atoms with E-state index in [1.54, 1.807) is 0 Å². The van der Waals surface area contributed by atoms with Crippen molar-refractivity contribution in [1.82, 2.24) is 0 Å². The fourth-order valence-electron chi connectivity index (χ4n) is 1.63. The fraction of sp³-hybridized carbons (Fsp3) is 0.0714. The molecule has 0 aliphatic rings. The molecule has 0 unspecified atom stereocenters. The normalized spacial score (nSPS) is 11.3. The maximum atomic E-state index is 12.2.